The first-order chi connectivity index (χ1) is 11.0. The molecule has 0 spiro atoms. The van der Waals surface area contributed by atoms with Gasteiger partial charge in [0.2, 0.25) is 5.91 Å². The Hall–Kier alpha value is -2.41. The van der Waals surface area contributed by atoms with Crippen LogP contribution in [0.4, 0.5) is 0 Å². The smallest absolute Gasteiger partial charge is 0.328 e. The fraction of sp³-hybridized carbons (Fsp3) is 0.438. The van der Waals surface area contributed by atoms with E-state index < -0.39 is 17.9 Å². The molecule has 0 aromatic heterocycles. The molecule has 1 unspecified atom stereocenters. The molecule has 0 fully saturated rings. The summed E-state index contributed by atoms with van der Waals surface area (Å²) in [7, 11) is 2.90. The van der Waals surface area contributed by atoms with Crippen molar-refractivity contribution in [2.45, 2.75) is 25.3 Å². The maximum Gasteiger partial charge on any atom is 0.328 e. The van der Waals surface area contributed by atoms with Crippen molar-refractivity contribution in [1.82, 2.24) is 5.32 Å². The SMILES string of the molecule is COCC(NC(=O)CCCC(=O)c1ccc(OC)cc1)C(=O)O. The van der Waals surface area contributed by atoms with Crippen LogP contribution in [-0.4, -0.2) is 49.6 Å². The minimum Gasteiger partial charge on any atom is -0.497 e. The van der Waals surface area contributed by atoms with Crippen LogP contribution in [0.25, 0.3) is 0 Å². The van der Waals surface area contributed by atoms with Crippen molar-refractivity contribution in [2.24, 2.45) is 0 Å². The number of ether oxygens (including phenoxy) is 2. The van der Waals surface area contributed by atoms with Gasteiger partial charge in [-0.25, -0.2) is 4.79 Å². The number of carboxylic acids is 1. The first kappa shape index (κ1) is 18.6. The first-order valence-electron chi connectivity index (χ1n) is 7.16. The summed E-state index contributed by atoms with van der Waals surface area (Å²) in [5.74, 6) is -0.989. The van der Waals surface area contributed by atoms with Crippen molar-refractivity contribution < 1.29 is 29.0 Å². The van der Waals surface area contributed by atoms with Crippen LogP contribution in [0.1, 0.15) is 29.6 Å². The normalized spacial score (nSPS) is 11.6. The number of methoxy groups -OCH3 is 2. The highest BCUT2D eigenvalue weighted by Gasteiger charge is 2.19. The van der Waals surface area contributed by atoms with E-state index >= 15 is 0 Å². The number of amides is 1. The van der Waals surface area contributed by atoms with E-state index in [0.717, 1.165) is 0 Å². The third-order valence-corrected chi connectivity index (χ3v) is 3.19. The lowest BCUT2D eigenvalue weighted by molar-refractivity contribution is -0.143. The van der Waals surface area contributed by atoms with Crippen molar-refractivity contribution in [3.05, 3.63) is 29.8 Å². The van der Waals surface area contributed by atoms with Gasteiger partial charge in [0.25, 0.3) is 0 Å². The highest BCUT2D eigenvalue weighted by Crippen LogP contribution is 2.13. The van der Waals surface area contributed by atoms with Crippen molar-refractivity contribution in [3.8, 4) is 5.75 Å². The Morgan fingerprint density at radius 1 is 1.13 bits per heavy atom. The summed E-state index contributed by atoms with van der Waals surface area (Å²) in [6.45, 7) is -0.105. The second-order valence-electron chi connectivity index (χ2n) is 4.92. The Morgan fingerprint density at radius 3 is 2.30 bits per heavy atom. The number of aliphatic carboxylic acids is 1. The van der Waals surface area contributed by atoms with Gasteiger partial charge in [0, 0.05) is 25.5 Å². The first-order valence-corrected chi connectivity index (χ1v) is 7.16. The van der Waals surface area contributed by atoms with Crippen LogP contribution >= 0.6 is 0 Å². The monoisotopic (exact) mass is 323 g/mol. The third-order valence-electron chi connectivity index (χ3n) is 3.19. The molecule has 1 rings (SSSR count). The molecular weight excluding hydrogens is 302 g/mol. The highest BCUT2D eigenvalue weighted by atomic mass is 16.5. The maximum atomic E-state index is 12.0. The number of Topliss-reactive ketones (excluding diaryl/α,β-unsaturated/α-hetero) is 1. The van der Waals surface area contributed by atoms with E-state index in [1.54, 1.807) is 31.4 Å². The lowest BCUT2D eigenvalue weighted by Crippen LogP contribution is -2.43. The van der Waals surface area contributed by atoms with E-state index in [1.807, 2.05) is 0 Å². The zero-order chi connectivity index (χ0) is 17.2. The number of carbonyl (C=O) groups is 3. The maximum absolute atomic E-state index is 12.0. The second-order valence-corrected chi connectivity index (χ2v) is 4.92. The van der Waals surface area contributed by atoms with Crippen LogP contribution in [-0.2, 0) is 14.3 Å². The van der Waals surface area contributed by atoms with Gasteiger partial charge in [0.05, 0.1) is 13.7 Å². The molecule has 0 aliphatic heterocycles. The van der Waals surface area contributed by atoms with E-state index in [9.17, 15) is 14.4 Å². The third kappa shape index (κ3) is 6.48. The van der Waals surface area contributed by atoms with E-state index in [1.165, 1.54) is 7.11 Å². The zero-order valence-corrected chi connectivity index (χ0v) is 13.2. The molecule has 0 aliphatic rings. The van der Waals surface area contributed by atoms with E-state index in [4.69, 9.17) is 14.6 Å². The standard InChI is InChI=1S/C16H21NO6/c1-22-10-13(16(20)21)17-15(19)5-3-4-14(18)11-6-8-12(23-2)9-7-11/h6-9,13H,3-5,10H2,1-2H3,(H,17,19)(H,20,21). The molecule has 7 nitrogen and oxygen atoms in total. The molecule has 0 saturated carbocycles. The summed E-state index contributed by atoms with van der Waals surface area (Å²) in [6, 6.07) is 5.65. The van der Waals surface area contributed by atoms with Crippen molar-refractivity contribution in [3.63, 3.8) is 0 Å². The van der Waals surface area contributed by atoms with Gasteiger partial charge in [-0.05, 0) is 30.7 Å². The summed E-state index contributed by atoms with van der Waals surface area (Å²) in [5.41, 5.74) is 0.550. The molecule has 7 heteroatoms. The van der Waals surface area contributed by atoms with Crippen LogP contribution in [0.15, 0.2) is 24.3 Å². The van der Waals surface area contributed by atoms with Gasteiger partial charge in [-0.1, -0.05) is 0 Å². The molecule has 1 atom stereocenters. The fourth-order valence-electron chi connectivity index (χ4n) is 1.94. The summed E-state index contributed by atoms with van der Waals surface area (Å²) < 4.78 is 9.74. The average Bonchev–Trinajstić information content (AvgIpc) is 2.54. The number of rotatable bonds is 10. The van der Waals surface area contributed by atoms with Gasteiger partial charge in [0.15, 0.2) is 11.8 Å². The van der Waals surface area contributed by atoms with Crippen LogP contribution in [0.2, 0.25) is 0 Å². The van der Waals surface area contributed by atoms with E-state index in [0.29, 0.717) is 17.7 Å². The molecule has 126 valence electrons. The number of nitrogens with one attached hydrogen (secondary N) is 1. The van der Waals surface area contributed by atoms with Gasteiger partial charge in [0.1, 0.15) is 5.75 Å². The Labute approximate surface area is 134 Å². The largest absolute Gasteiger partial charge is 0.497 e. The van der Waals surface area contributed by atoms with Gasteiger partial charge < -0.3 is 19.9 Å². The van der Waals surface area contributed by atoms with Gasteiger partial charge >= 0.3 is 5.97 Å². The zero-order valence-electron chi connectivity index (χ0n) is 13.2. The van der Waals surface area contributed by atoms with Crippen LogP contribution < -0.4 is 10.1 Å². The van der Waals surface area contributed by atoms with Crippen molar-refractivity contribution in [1.29, 1.82) is 0 Å². The molecule has 23 heavy (non-hydrogen) atoms. The van der Waals surface area contributed by atoms with E-state index in [2.05, 4.69) is 5.32 Å². The van der Waals surface area contributed by atoms with Gasteiger partial charge in [-0.2, -0.15) is 0 Å². The molecule has 1 aromatic carbocycles. The number of hydrogen-bond acceptors (Lipinski definition) is 5. The number of benzene rings is 1. The number of hydrogen-bond donors (Lipinski definition) is 2. The molecule has 0 aliphatic carbocycles. The minimum absolute atomic E-state index is 0.0767. The molecule has 0 radical (unpaired) electrons. The van der Waals surface area contributed by atoms with Crippen molar-refractivity contribution in [2.75, 3.05) is 20.8 Å². The summed E-state index contributed by atoms with van der Waals surface area (Å²) in [6.07, 6.45) is 0.632. The quantitative estimate of drug-likeness (QED) is 0.629. The molecule has 1 amide bonds. The predicted octanol–water partition coefficient (Wildman–Crippen LogP) is 1.26. The molecule has 0 heterocycles. The lowest BCUT2D eigenvalue weighted by atomic mass is 10.1. The van der Waals surface area contributed by atoms with Crippen LogP contribution in [0.3, 0.4) is 0 Å². The topological polar surface area (TPSA) is 102 Å². The second kappa shape index (κ2) is 9.58. The van der Waals surface area contributed by atoms with Crippen molar-refractivity contribution >= 4 is 17.7 Å². The molecular formula is C16H21NO6. The summed E-state index contributed by atoms with van der Waals surface area (Å²) in [4.78, 5) is 34.5. The Bertz CT molecular complexity index is 540. The highest BCUT2D eigenvalue weighted by molar-refractivity contribution is 5.96. The Kier molecular flexibility index (Phi) is 7.76. The average molecular weight is 323 g/mol. The predicted molar refractivity (Wildman–Crippen MR) is 82.6 cm³/mol. The molecule has 2 N–H and O–H groups in total. The summed E-state index contributed by atoms with van der Waals surface area (Å²) >= 11 is 0. The summed E-state index contributed by atoms with van der Waals surface area (Å²) in [5, 5.41) is 11.3. The Morgan fingerprint density at radius 2 is 1.78 bits per heavy atom. The fourth-order valence-corrected chi connectivity index (χ4v) is 1.94. The lowest BCUT2D eigenvalue weighted by Gasteiger charge is -2.13. The molecule has 0 bridgehead atoms. The minimum atomic E-state index is -1.16. The van der Waals surface area contributed by atoms with Crippen LogP contribution in [0, 0.1) is 0 Å². The molecule has 1 aromatic rings. The molecule has 0 saturated heterocycles. The van der Waals surface area contributed by atoms with Gasteiger partial charge in [-0.3, -0.25) is 9.59 Å². The van der Waals surface area contributed by atoms with Crippen LogP contribution in [0.5, 0.6) is 5.75 Å². The van der Waals surface area contributed by atoms with E-state index in [-0.39, 0.29) is 25.2 Å². The van der Waals surface area contributed by atoms with Gasteiger partial charge in [-0.15, -0.1) is 0 Å². The number of ketones is 1. The number of carboxylic acid groups (broad SMARTS) is 1. The Balaban J connectivity index is 2.38. The number of carbonyl (C=O) groups excluding carboxylic acids is 2.